The molecule has 2 aromatic heterocycles. The SMILES string of the molecule is N=C(N)c1ccc2oc(CCCCCCCCCc3cc4cc(C(=N)N)ccc4o3)cc2c1. The van der Waals surface area contributed by atoms with Gasteiger partial charge in [0, 0.05) is 34.7 Å². The van der Waals surface area contributed by atoms with Crippen LogP contribution in [0.15, 0.2) is 57.4 Å². The third-order valence-electron chi connectivity index (χ3n) is 6.10. The monoisotopic (exact) mass is 444 g/mol. The van der Waals surface area contributed by atoms with Crippen LogP contribution in [0, 0.1) is 10.8 Å². The van der Waals surface area contributed by atoms with Crippen molar-refractivity contribution in [1.82, 2.24) is 0 Å². The second-order valence-corrected chi connectivity index (χ2v) is 8.73. The molecule has 0 aliphatic carbocycles. The van der Waals surface area contributed by atoms with E-state index in [9.17, 15) is 0 Å². The maximum Gasteiger partial charge on any atom is 0.134 e. The number of fused-ring (bicyclic) bond motifs is 2. The molecular formula is C27H32N4O2. The minimum Gasteiger partial charge on any atom is -0.461 e. The van der Waals surface area contributed by atoms with Gasteiger partial charge in [-0.15, -0.1) is 0 Å². The molecule has 33 heavy (non-hydrogen) atoms. The molecule has 6 N–H and O–H groups in total. The van der Waals surface area contributed by atoms with Crippen molar-refractivity contribution in [1.29, 1.82) is 10.8 Å². The Balaban J connectivity index is 1.10. The second-order valence-electron chi connectivity index (χ2n) is 8.73. The van der Waals surface area contributed by atoms with Gasteiger partial charge in [-0.1, -0.05) is 32.1 Å². The van der Waals surface area contributed by atoms with Crippen LogP contribution in [-0.2, 0) is 12.8 Å². The molecule has 2 heterocycles. The van der Waals surface area contributed by atoms with Gasteiger partial charge in [-0.05, 0) is 61.4 Å². The van der Waals surface area contributed by atoms with Crippen molar-refractivity contribution < 1.29 is 8.83 Å². The summed E-state index contributed by atoms with van der Waals surface area (Å²) in [6, 6.07) is 15.4. The van der Waals surface area contributed by atoms with Crippen LogP contribution in [0.4, 0.5) is 0 Å². The largest absolute Gasteiger partial charge is 0.461 e. The van der Waals surface area contributed by atoms with Crippen LogP contribution < -0.4 is 11.5 Å². The number of aryl methyl sites for hydroxylation is 2. The summed E-state index contributed by atoms with van der Waals surface area (Å²) >= 11 is 0. The lowest BCUT2D eigenvalue weighted by Gasteiger charge is -2.01. The third-order valence-corrected chi connectivity index (χ3v) is 6.10. The molecule has 0 fully saturated rings. The van der Waals surface area contributed by atoms with E-state index in [4.69, 9.17) is 31.1 Å². The van der Waals surface area contributed by atoms with Crippen molar-refractivity contribution in [2.75, 3.05) is 0 Å². The Kier molecular flexibility index (Phi) is 7.13. The fraction of sp³-hybridized carbons (Fsp3) is 0.333. The van der Waals surface area contributed by atoms with Crippen LogP contribution in [0.2, 0.25) is 0 Å². The summed E-state index contributed by atoms with van der Waals surface area (Å²) in [7, 11) is 0. The number of nitrogens with one attached hydrogen (secondary N) is 2. The normalized spacial score (nSPS) is 11.4. The van der Waals surface area contributed by atoms with Gasteiger partial charge in [0.1, 0.15) is 34.4 Å². The Morgan fingerprint density at radius 1 is 0.576 bits per heavy atom. The van der Waals surface area contributed by atoms with Gasteiger partial charge in [-0.25, -0.2) is 0 Å². The summed E-state index contributed by atoms with van der Waals surface area (Å²) in [5.74, 6) is 2.18. The molecule has 4 rings (SSSR count). The van der Waals surface area contributed by atoms with Crippen molar-refractivity contribution in [3.63, 3.8) is 0 Å². The smallest absolute Gasteiger partial charge is 0.134 e. The molecule has 0 amide bonds. The van der Waals surface area contributed by atoms with E-state index in [0.29, 0.717) is 0 Å². The summed E-state index contributed by atoms with van der Waals surface area (Å²) in [5.41, 5.74) is 14.3. The van der Waals surface area contributed by atoms with Gasteiger partial charge in [0.15, 0.2) is 0 Å². The minimum absolute atomic E-state index is 0.0838. The first kappa shape index (κ1) is 22.6. The van der Waals surface area contributed by atoms with Gasteiger partial charge >= 0.3 is 0 Å². The molecule has 0 spiro atoms. The number of amidine groups is 2. The molecular weight excluding hydrogens is 412 g/mol. The average Bonchev–Trinajstić information content (AvgIpc) is 3.39. The summed E-state index contributed by atoms with van der Waals surface area (Å²) in [4.78, 5) is 0. The topological polar surface area (TPSA) is 126 Å². The number of furan rings is 2. The number of nitrogen functional groups attached to an aromatic ring is 2. The van der Waals surface area contributed by atoms with Crippen LogP contribution in [0.1, 0.15) is 67.6 Å². The third kappa shape index (κ3) is 5.83. The van der Waals surface area contributed by atoms with E-state index in [2.05, 4.69) is 12.1 Å². The fourth-order valence-electron chi connectivity index (χ4n) is 4.26. The second kappa shape index (κ2) is 10.4. The van der Waals surface area contributed by atoms with Crippen LogP contribution in [0.5, 0.6) is 0 Å². The van der Waals surface area contributed by atoms with Gasteiger partial charge in [-0.2, -0.15) is 0 Å². The van der Waals surface area contributed by atoms with E-state index < -0.39 is 0 Å². The predicted octanol–water partition coefficient (Wildman–Crippen LogP) is 6.26. The zero-order valence-electron chi connectivity index (χ0n) is 19.0. The lowest BCUT2D eigenvalue weighted by atomic mass is 10.1. The molecule has 0 saturated heterocycles. The lowest BCUT2D eigenvalue weighted by molar-refractivity contribution is 0.508. The molecule has 6 heteroatoms. The number of hydrogen-bond acceptors (Lipinski definition) is 4. The molecule has 0 atom stereocenters. The standard InChI is InChI=1S/C27H32N4O2/c28-26(29)18-10-12-24-20(14-18)16-22(32-24)8-6-4-2-1-3-5-7-9-23-17-21-15-19(27(30)31)11-13-25(21)33-23/h10-17H,1-9H2,(H3,28,29)(H3,30,31). The number of hydrogen-bond donors (Lipinski definition) is 4. The van der Waals surface area contributed by atoms with Crippen molar-refractivity contribution in [3.8, 4) is 0 Å². The Hall–Kier alpha value is -3.54. The first-order valence-electron chi connectivity index (χ1n) is 11.7. The first-order valence-corrected chi connectivity index (χ1v) is 11.7. The fourth-order valence-corrected chi connectivity index (χ4v) is 4.26. The van der Waals surface area contributed by atoms with E-state index in [-0.39, 0.29) is 11.7 Å². The van der Waals surface area contributed by atoms with E-state index in [1.165, 1.54) is 32.1 Å². The summed E-state index contributed by atoms with van der Waals surface area (Å²) in [6.07, 6.45) is 10.3. The highest BCUT2D eigenvalue weighted by Gasteiger charge is 2.07. The van der Waals surface area contributed by atoms with Crippen LogP contribution >= 0.6 is 0 Å². The van der Waals surface area contributed by atoms with E-state index in [1.807, 2.05) is 36.4 Å². The van der Waals surface area contributed by atoms with Gasteiger partial charge in [0.25, 0.3) is 0 Å². The minimum atomic E-state index is 0.0838. The van der Waals surface area contributed by atoms with Gasteiger partial charge in [-0.3, -0.25) is 10.8 Å². The number of unbranched alkanes of at least 4 members (excludes halogenated alkanes) is 6. The van der Waals surface area contributed by atoms with E-state index >= 15 is 0 Å². The van der Waals surface area contributed by atoms with Crippen LogP contribution in [-0.4, -0.2) is 11.7 Å². The predicted molar refractivity (Wildman–Crippen MR) is 134 cm³/mol. The average molecular weight is 445 g/mol. The molecule has 172 valence electrons. The molecule has 0 aliphatic rings. The summed E-state index contributed by atoms with van der Waals surface area (Å²) in [5, 5.41) is 17.1. The van der Waals surface area contributed by atoms with E-state index in [1.54, 1.807) is 0 Å². The molecule has 0 saturated carbocycles. The quantitative estimate of drug-likeness (QED) is 0.117. The Labute approximate surface area is 194 Å². The summed E-state index contributed by atoms with van der Waals surface area (Å²) in [6.45, 7) is 0. The maximum absolute atomic E-state index is 7.55. The van der Waals surface area contributed by atoms with Gasteiger partial charge < -0.3 is 20.3 Å². The highest BCUT2D eigenvalue weighted by atomic mass is 16.3. The number of benzene rings is 2. The van der Waals surface area contributed by atoms with Crippen molar-refractivity contribution >= 4 is 33.6 Å². The Bertz CT molecular complexity index is 1170. The van der Waals surface area contributed by atoms with Crippen molar-refractivity contribution in [3.05, 3.63) is 71.2 Å². The number of nitrogens with two attached hydrogens (primary N) is 2. The van der Waals surface area contributed by atoms with Crippen LogP contribution in [0.3, 0.4) is 0 Å². The van der Waals surface area contributed by atoms with Crippen molar-refractivity contribution in [2.45, 2.75) is 57.8 Å². The van der Waals surface area contributed by atoms with E-state index in [0.717, 1.165) is 70.3 Å². The molecule has 2 aromatic carbocycles. The molecule has 0 aliphatic heterocycles. The van der Waals surface area contributed by atoms with Gasteiger partial charge in [0.2, 0.25) is 0 Å². The maximum atomic E-state index is 7.55. The molecule has 6 nitrogen and oxygen atoms in total. The molecule has 0 bridgehead atoms. The molecule has 0 radical (unpaired) electrons. The van der Waals surface area contributed by atoms with Crippen LogP contribution in [0.25, 0.3) is 21.9 Å². The Morgan fingerprint density at radius 2 is 0.970 bits per heavy atom. The van der Waals surface area contributed by atoms with Crippen molar-refractivity contribution in [2.24, 2.45) is 11.5 Å². The lowest BCUT2D eigenvalue weighted by Crippen LogP contribution is -2.10. The summed E-state index contributed by atoms with van der Waals surface area (Å²) < 4.78 is 11.8. The van der Waals surface area contributed by atoms with Gasteiger partial charge in [0.05, 0.1) is 0 Å². The number of rotatable bonds is 12. The zero-order valence-corrected chi connectivity index (χ0v) is 19.0. The molecule has 0 unspecified atom stereocenters. The highest BCUT2D eigenvalue weighted by Crippen LogP contribution is 2.24. The molecule has 4 aromatic rings. The Morgan fingerprint density at radius 3 is 1.36 bits per heavy atom. The first-order chi connectivity index (χ1) is 16.0. The zero-order chi connectivity index (χ0) is 23.2. The highest BCUT2D eigenvalue weighted by molar-refractivity contribution is 5.99.